The van der Waals surface area contributed by atoms with E-state index in [9.17, 15) is 10.1 Å². The summed E-state index contributed by atoms with van der Waals surface area (Å²) in [6.45, 7) is 0. The van der Waals surface area contributed by atoms with Crippen LogP contribution in [0.1, 0.15) is 41.4 Å². The number of para-hydroxylation sites is 2. The van der Waals surface area contributed by atoms with Gasteiger partial charge >= 0.3 is 0 Å². The van der Waals surface area contributed by atoms with E-state index in [0.29, 0.717) is 11.6 Å². The molecule has 4 heteroatoms. The van der Waals surface area contributed by atoms with Crippen molar-refractivity contribution < 1.29 is 4.92 Å². The summed E-state index contributed by atoms with van der Waals surface area (Å²) in [5.74, 6) is 0.509. The lowest BCUT2D eigenvalue weighted by atomic mass is 9.79. The van der Waals surface area contributed by atoms with Gasteiger partial charge in [-0.1, -0.05) is 66.8 Å². The lowest BCUT2D eigenvalue weighted by Gasteiger charge is -2.24. The van der Waals surface area contributed by atoms with Crippen molar-refractivity contribution in [2.75, 3.05) is 0 Å². The molecule has 2 aromatic carbocycles. The number of nitrogens with zero attached hydrogens (tertiary/aromatic N) is 2. The third kappa shape index (κ3) is 2.40. The van der Waals surface area contributed by atoms with Crippen molar-refractivity contribution in [1.29, 1.82) is 0 Å². The van der Waals surface area contributed by atoms with E-state index in [1.165, 1.54) is 22.3 Å². The molecular weight excluding hydrogens is 372 g/mol. The second-order valence-corrected chi connectivity index (χ2v) is 8.11. The molecule has 2 unspecified atom stereocenters. The van der Waals surface area contributed by atoms with Crippen molar-refractivity contribution in [3.05, 3.63) is 110 Å². The van der Waals surface area contributed by atoms with Crippen LogP contribution in [0.4, 0.5) is 5.69 Å². The molecule has 6 rings (SSSR count). The van der Waals surface area contributed by atoms with Crippen LogP contribution >= 0.6 is 0 Å². The summed E-state index contributed by atoms with van der Waals surface area (Å²) in [6.07, 6.45) is 13.5. The Morgan fingerprint density at radius 3 is 2.60 bits per heavy atom. The maximum absolute atomic E-state index is 11.8. The van der Waals surface area contributed by atoms with Crippen molar-refractivity contribution in [3.63, 3.8) is 0 Å². The second kappa shape index (κ2) is 6.42. The summed E-state index contributed by atoms with van der Waals surface area (Å²) in [4.78, 5) is 11.6. The lowest BCUT2D eigenvalue weighted by molar-refractivity contribution is -0.384. The minimum Gasteiger partial charge on any atom is -0.304 e. The number of allylic oxidation sites excluding steroid dienone is 4. The van der Waals surface area contributed by atoms with Gasteiger partial charge < -0.3 is 4.57 Å². The zero-order valence-electron chi connectivity index (χ0n) is 16.4. The number of aromatic nitrogens is 1. The molecule has 30 heavy (non-hydrogen) atoms. The van der Waals surface area contributed by atoms with Crippen molar-refractivity contribution in [3.8, 4) is 5.69 Å². The zero-order chi connectivity index (χ0) is 20.2. The van der Waals surface area contributed by atoms with Crippen LogP contribution in [0.15, 0.2) is 72.8 Å². The van der Waals surface area contributed by atoms with Crippen LogP contribution in [-0.2, 0) is 0 Å². The van der Waals surface area contributed by atoms with Gasteiger partial charge in [0.2, 0.25) is 0 Å². The number of benzene rings is 2. The number of rotatable bonds is 3. The predicted octanol–water partition coefficient (Wildman–Crippen LogP) is 4.57. The fourth-order valence-electron chi connectivity index (χ4n) is 5.19. The van der Waals surface area contributed by atoms with E-state index >= 15 is 0 Å². The Kier molecular flexibility index (Phi) is 3.69. The molecule has 0 amide bonds. The maximum atomic E-state index is 11.8. The minimum absolute atomic E-state index is 0.132. The highest BCUT2D eigenvalue weighted by molar-refractivity contribution is 5.84. The molecule has 0 saturated heterocycles. The summed E-state index contributed by atoms with van der Waals surface area (Å²) in [5.41, 5.74) is 5.80. The highest BCUT2D eigenvalue weighted by Crippen LogP contribution is 2.39. The van der Waals surface area contributed by atoms with Crippen LogP contribution < -0.4 is 10.7 Å². The van der Waals surface area contributed by atoms with Gasteiger partial charge in [0.25, 0.3) is 5.69 Å². The van der Waals surface area contributed by atoms with E-state index in [4.69, 9.17) is 0 Å². The SMILES string of the molecule is O=[N+]([O-])c1ccccc1-n1c2c3c4c1=CCCC4C=CC3=CC(c1ccccc1)C=2. The summed E-state index contributed by atoms with van der Waals surface area (Å²) in [5, 5.41) is 14.0. The summed E-state index contributed by atoms with van der Waals surface area (Å²) in [6, 6.07) is 17.5. The van der Waals surface area contributed by atoms with E-state index in [1.807, 2.05) is 18.2 Å². The fraction of sp³-hybridized carbons (Fsp3) is 0.154. The highest BCUT2D eigenvalue weighted by Gasteiger charge is 2.31. The molecule has 146 valence electrons. The predicted molar refractivity (Wildman–Crippen MR) is 119 cm³/mol. The van der Waals surface area contributed by atoms with Crippen molar-refractivity contribution >= 4 is 23.4 Å². The third-order valence-electron chi connectivity index (χ3n) is 6.47. The Bertz CT molecular complexity index is 1380. The molecule has 0 saturated carbocycles. The molecule has 0 bridgehead atoms. The van der Waals surface area contributed by atoms with Gasteiger partial charge in [-0.25, -0.2) is 0 Å². The summed E-state index contributed by atoms with van der Waals surface area (Å²) in [7, 11) is 0. The number of nitro benzene ring substituents is 1. The highest BCUT2D eigenvalue weighted by atomic mass is 16.6. The Hall–Kier alpha value is -3.66. The van der Waals surface area contributed by atoms with Crippen LogP contribution in [0, 0.1) is 10.1 Å². The van der Waals surface area contributed by atoms with E-state index in [-0.39, 0.29) is 16.5 Å². The van der Waals surface area contributed by atoms with Gasteiger partial charge in [-0.15, -0.1) is 0 Å². The standard InChI is InChI=1S/C26H20N2O2/c29-28(30)22-11-5-4-10-21(22)27-23-12-6-9-18-13-14-19-15-20(17-7-2-1-3-8-17)16-24(27)26(19)25(18)23/h1-5,7-8,10-16,18,20H,6,9H2. The molecule has 3 aromatic rings. The monoisotopic (exact) mass is 392 g/mol. The van der Waals surface area contributed by atoms with E-state index in [2.05, 4.69) is 59.2 Å². The molecule has 2 atom stereocenters. The Morgan fingerprint density at radius 2 is 1.77 bits per heavy atom. The molecule has 0 radical (unpaired) electrons. The average molecular weight is 392 g/mol. The molecule has 0 fully saturated rings. The van der Waals surface area contributed by atoms with Crippen molar-refractivity contribution in [1.82, 2.24) is 4.57 Å². The first-order valence-electron chi connectivity index (χ1n) is 10.4. The molecule has 1 aromatic heterocycles. The fourth-order valence-corrected chi connectivity index (χ4v) is 5.19. The van der Waals surface area contributed by atoms with Gasteiger partial charge in [0.1, 0.15) is 5.69 Å². The van der Waals surface area contributed by atoms with Gasteiger partial charge in [-0.05, 0) is 41.7 Å². The van der Waals surface area contributed by atoms with Crippen LogP contribution in [0.5, 0.6) is 0 Å². The van der Waals surface area contributed by atoms with Gasteiger partial charge in [0.15, 0.2) is 0 Å². The number of hydrogen-bond donors (Lipinski definition) is 0. The minimum atomic E-state index is -0.277. The Balaban J connectivity index is 1.72. The van der Waals surface area contributed by atoms with E-state index in [0.717, 1.165) is 23.5 Å². The smallest absolute Gasteiger partial charge is 0.293 e. The quantitative estimate of drug-likeness (QED) is 0.484. The molecule has 0 spiro atoms. The first kappa shape index (κ1) is 17.2. The van der Waals surface area contributed by atoms with E-state index < -0.39 is 0 Å². The molecule has 0 N–H and O–H groups in total. The molecule has 1 heterocycles. The lowest BCUT2D eigenvalue weighted by Crippen LogP contribution is -2.29. The third-order valence-corrected chi connectivity index (χ3v) is 6.47. The average Bonchev–Trinajstić information content (AvgIpc) is 3.13. The Morgan fingerprint density at radius 1 is 0.967 bits per heavy atom. The second-order valence-electron chi connectivity index (χ2n) is 8.11. The number of nitro groups is 1. The van der Waals surface area contributed by atoms with Gasteiger partial charge in [-0.2, -0.15) is 0 Å². The zero-order valence-corrected chi connectivity index (χ0v) is 16.4. The maximum Gasteiger partial charge on any atom is 0.293 e. The molecular formula is C26H20N2O2. The molecule has 3 aliphatic carbocycles. The van der Waals surface area contributed by atoms with Gasteiger partial charge in [0, 0.05) is 28.8 Å². The molecule has 0 aliphatic heterocycles. The summed E-state index contributed by atoms with van der Waals surface area (Å²) >= 11 is 0. The molecule has 4 nitrogen and oxygen atoms in total. The van der Waals surface area contributed by atoms with Gasteiger partial charge in [-0.3, -0.25) is 10.1 Å². The topological polar surface area (TPSA) is 48.1 Å². The largest absolute Gasteiger partial charge is 0.304 e. The first-order valence-corrected chi connectivity index (χ1v) is 10.4. The van der Waals surface area contributed by atoms with Crippen LogP contribution in [-0.4, -0.2) is 9.49 Å². The summed E-state index contributed by atoms with van der Waals surface area (Å²) < 4.78 is 2.13. The van der Waals surface area contributed by atoms with E-state index in [1.54, 1.807) is 12.1 Å². The normalized spacial score (nSPS) is 20.6. The van der Waals surface area contributed by atoms with Gasteiger partial charge in [0.05, 0.1) is 10.3 Å². The van der Waals surface area contributed by atoms with Crippen LogP contribution in [0.25, 0.3) is 23.4 Å². The van der Waals surface area contributed by atoms with Crippen LogP contribution in [0.2, 0.25) is 0 Å². The van der Waals surface area contributed by atoms with Crippen LogP contribution in [0.3, 0.4) is 0 Å². The van der Waals surface area contributed by atoms with Crippen molar-refractivity contribution in [2.24, 2.45) is 0 Å². The Labute approximate surface area is 173 Å². The van der Waals surface area contributed by atoms with Crippen molar-refractivity contribution in [2.45, 2.75) is 24.7 Å². The number of hydrogen-bond acceptors (Lipinski definition) is 2. The molecule has 3 aliphatic rings. The first-order chi connectivity index (χ1) is 14.7.